The number of hydrogen-bond acceptors (Lipinski definition) is 4. The van der Waals surface area contributed by atoms with Gasteiger partial charge in [-0.05, 0) is 31.5 Å². The number of rotatable bonds is 5. The van der Waals surface area contributed by atoms with E-state index in [4.69, 9.17) is 0 Å². The van der Waals surface area contributed by atoms with E-state index in [0.717, 1.165) is 16.8 Å². The number of carbonyl (C=O) groups excluding carboxylic acids is 1. The summed E-state index contributed by atoms with van der Waals surface area (Å²) in [7, 11) is 0. The Kier molecular flexibility index (Phi) is 4.73. The van der Waals surface area contributed by atoms with Gasteiger partial charge in [-0.3, -0.25) is 14.9 Å². The summed E-state index contributed by atoms with van der Waals surface area (Å²) in [4.78, 5) is 22.1. The van der Waals surface area contributed by atoms with Crippen LogP contribution in [-0.2, 0) is 4.79 Å². The van der Waals surface area contributed by atoms with Crippen molar-refractivity contribution in [1.82, 2.24) is 0 Å². The monoisotopic (exact) mass is 299 g/mol. The molecule has 0 saturated carbocycles. The first-order valence-corrected chi connectivity index (χ1v) is 6.81. The number of anilines is 2. The van der Waals surface area contributed by atoms with E-state index in [1.165, 1.54) is 18.2 Å². The Morgan fingerprint density at radius 2 is 1.95 bits per heavy atom. The highest BCUT2D eigenvalue weighted by Gasteiger charge is 2.08. The molecule has 0 aliphatic carbocycles. The van der Waals surface area contributed by atoms with Gasteiger partial charge in [0, 0.05) is 23.5 Å². The van der Waals surface area contributed by atoms with Crippen LogP contribution in [0.1, 0.15) is 11.1 Å². The third kappa shape index (κ3) is 4.05. The van der Waals surface area contributed by atoms with Crippen LogP contribution < -0.4 is 10.6 Å². The zero-order valence-electron chi connectivity index (χ0n) is 12.4. The molecule has 0 unspecified atom stereocenters. The molecule has 0 spiro atoms. The highest BCUT2D eigenvalue weighted by Crippen LogP contribution is 2.18. The molecule has 0 aromatic heterocycles. The Morgan fingerprint density at radius 3 is 2.64 bits per heavy atom. The minimum atomic E-state index is -0.496. The van der Waals surface area contributed by atoms with Gasteiger partial charge in [0.2, 0.25) is 5.91 Å². The average Bonchev–Trinajstić information content (AvgIpc) is 2.46. The number of aryl methyl sites for hydroxylation is 2. The summed E-state index contributed by atoms with van der Waals surface area (Å²) in [6.45, 7) is 4.06. The molecule has 6 heteroatoms. The molecular weight excluding hydrogens is 282 g/mol. The first-order valence-electron chi connectivity index (χ1n) is 6.81. The summed E-state index contributed by atoms with van der Waals surface area (Å²) in [6, 6.07) is 11.8. The van der Waals surface area contributed by atoms with E-state index >= 15 is 0 Å². The first kappa shape index (κ1) is 15.5. The normalized spacial score (nSPS) is 10.1. The van der Waals surface area contributed by atoms with Crippen LogP contribution in [0, 0.1) is 24.0 Å². The van der Waals surface area contributed by atoms with Gasteiger partial charge >= 0.3 is 0 Å². The maximum Gasteiger partial charge on any atom is 0.271 e. The third-order valence-corrected chi connectivity index (χ3v) is 3.16. The molecule has 2 aromatic carbocycles. The minimum Gasteiger partial charge on any atom is -0.376 e. The van der Waals surface area contributed by atoms with Crippen molar-refractivity contribution < 1.29 is 9.72 Å². The number of non-ortho nitro benzene ring substituents is 1. The molecule has 1 amide bonds. The van der Waals surface area contributed by atoms with Crippen LogP contribution in [0.25, 0.3) is 0 Å². The van der Waals surface area contributed by atoms with Gasteiger partial charge in [0.25, 0.3) is 5.69 Å². The van der Waals surface area contributed by atoms with Crippen LogP contribution >= 0.6 is 0 Å². The summed E-state index contributed by atoms with van der Waals surface area (Å²) in [5.41, 5.74) is 3.45. The van der Waals surface area contributed by atoms with Gasteiger partial charge in [0.1, 0.15) is 0 Å². The topological polar surface area (TPSA) is 84.3 Å². The van der Waals surface area contributed by atoms with Crippen LogP contribution in [0.5, 0.6) is 0 Å². The molecule has 0 heterocycles. The molecule has 0 atom stereocenters. The van der Waals surface area contributed by atoms with E-state index < -0.39 is 4.92 Å². The molecule has 0 aliphatic rings. The quantitative estimate of drug-likeness (QED) is 0.655. The number of nitrogens with zero attached hydrogens (tertiary/aromatic N) is 1. The smallest absolute Gasteiger partial charge is 0.271 e. The second-order valence-corrected chi connectivity index (χ2v) is 5.03. The number of carbonyl (C=O) groups is 1. The lowest BCUT2D eigenvalue weighted by molar-refractivity contribution is -0.384. The molecule has 0 radical (unpaired) electrons. The Balaban J connectivity index is 1.95. The van der Waals surface area contributed by atoms with Gasteiger partial charge in [0.05, 0.1) is 11.5 Å². The van der Waals surface area contributed by atoms with E-state index in [2.05, 4.69) is 10.6 Å². The Hall–Kier alpha value is -2.89. The van der Waals surface area contributed by atoms with Crippen LogP contribution in [-0.4, -0.2) is 17.4 Å². The minimum absolute atomic E-state index is 0.0554. The highest BCUT2D eigenvalue weighted by atomic mass is 16.6. The van der Waals surface area contributed by atoms with Crippen molar-refractivity contribution in [2.75, 3.05) is 17.2 Å². The van der Waals surface area contributed by atoms with Crippen LogP contribution in [0.2, 0.25) is 0 Å². The average molecular weight is 299 g/mol. The van der Waals surface area contributed by atoms with Gasteiger partial charge in [-0.15, -0.1) is 0 Å². The number of amides is 1. The molecule has 0 fully saturated rings. The fourth-order valence-electron chi connectivity index (χ4n) is 2.09. The predicted molar refractivity (Wildman–Crippen MR) is 86.1 cm³/mol. The Bertz CT molecular complexity index is 714. The molecular formula is C16H17N3O3. The summed E-state index contributed by atoms with van der Waals surface area (Å²) in [6.07, 6.45) is 0. The summed E-state index contributed by atoms with van der Waals surface area (Å²) in [5, 5.41) is 16.4. The van der Waals surface area contributed by atoms with Crippen molar-refractivity contribution in [1.29, 1.82) is 0 Å². The molecule has 6 nitrogen and oxygen atoms in total. The van der Waals surface area contributed by atoms with Gasteiger partial charge in [0.15, 0.2) is 0 Å². The standard InChI is InChI=1S/C16H17N3O3/c1-11-6-7-15(12(2)8-11)17-10-16(20)18-13-4-3-5-14(9-13)19(21)22/h3-9,17H,10H2,1-2H3,(H,18,20). The van der Waals surface area contributed by atoms with Gasteiger partial charge in [-0.2, -0.15) is 0 Å². The fourth-order valence-corrected chi connectivity index (χ4v) is 2.09. The predicted octanol–water partition coefficient (Wildman–Crippen LogP) is 3.26. The van der Waals surface area contributed by atoms with Crippen molar-refractivity contribution >= 4 is 23.0 Å². The van der Waals surface area contributed by atoms with E-state index in [-0.39, 0.29) is 18.1 Å². The van der Waals surface area contributed by atoms with Gasteiger partial charge < -0.3 is 10.6 Å². The first-order chi connectivity index (χ1) is 10.5. The Morgan fingerprint density at radius 1 is 1.18 bits per heavy atom. The Labute approximate surface area is 128 Å². The summed E-state index contributed by atoms with van der Waals surface area (Å²) >= 11 is 0. The summed E-state index contributed by atoms with van der Waals surface area (Å²) < 4.78 is 0. The molecule has 0 aliphatic heterocycles. The number of nitro benzene ring substituents is 1. The van der Waals surface area contributed by atoms with E-state index in [0.29, 0.717) is 5.69 Å². The second-order valence-electron chi connectivity index (χ2n) is 5.03. The number of hydrogen-bond donors (Lipinski definition) is 2. The van der Waals surface area contributed by atoms with Crippen molar-refractivity contribution in [2.24, 2.45) is 0 Å². The zero-order valence-corrected chi connectivity index (χ0v) is 12.4. The number of nitrogens with one attached hydrogen (secondary N) is 2. The number of nitro groups is 1. The zero-order chi connectivity index (χ0) is 16.1. The lowest BCUT2D eigenvalue weighted by atomic mass is 10.1. The van der Waals surface area contributed by atoms with Crippen LogP contribution in [0.4, 0.5) is 17.1 Å². The van der Waals surface area contributed by atoms with E-state index in [9.17, 15) is 14.9 Å². The SMILES string of the molecule is Cc1ccc(NCC(=O)Nc2cccc([N+](=O)[O-])c2)c(C)c1. The van der Waals surface area contributed by atoms with Crippen molar-refractivity contribution in [3.05, 3.63) is 63.7 Å². The van der Waals surface area contributed by atoms with Crippen molar-refractivity contribution in [3.63, 3.8) is 0 Å². The van der Waals surface area contributed by atoms with Crippen molar-refractivity contribution in [3.8, 4) is 0 Å². The summed E-state index contributed by atoms with van der Waals surface area (Å²) in [5.74, 6) is -0.263. The van der Waals surface area contributed by atoms with Crippen molar-refractivity contribution in [2.45, 2.75) is 13.8 Å². The maximum atomic E-state index is 11.9. The van der Waals surface area contributed by atoms with E-state index in [1.54, 1.807) is 6.07 Å². The molecule has 22 heavy (non-hydrogen) atoms. The maximum absolute atomic E-state index is 11.9. The second kappa shape index (κ2) is 6.71. The lowest BCUT2D eigenvalue weighted by Gasteiger charge is -2.10. The number of benzene rings is 2. The highest BCUT2D eigenvalue weighted by molar-refractivity contribution is 5.94. The third-order valence-electron chi connectivity index (χ3n) is 3.16. The van der Waals surface area contributed by atoms with Crippen LogP contribution in [0.3, 0.4) is 0 Å². The molecule has 114 valence electrons. The van der Waals surface area contributed by atoms with Gasteiger partial charge in [-0.1, -0.05) is 23.8 Å². The molecule has 0 saturated heterocycles. The molecule has 2 aromatic rings. The molecule has 2 rings (SSSR count). The van der Waals surface area contributed by atoms with Gasteiger partial charge in [-0.25, -0.2) is 0 Å². The molecule has 2 N–H and O–H groups in total. The fraction of sp³-hybridized carbons (Fsp3) is 0.188. The van der Waals surface area contributed by atoms with Crippen LogP contribution in [0.15, 0.2) is 42.5 Å². The lowest BCUT2D eigenvalue weighted by Crippen LogP contribution is -2.22. The van der Waals surface area contributed by atoms with E-state index in [1.807, 2.05) is 32.0 Å². The largest absolute Gasteiger partial charge is 0.376 e. The molecule has 0 bridgehead atoms.